The summed E-state index contributed by atoms with van der Waals surface area (Å²) < 4.78 is 70.4. The average Bonchev–Trinajstić information content (AvgIpc) is 3.26. The lowest BCUT2D eigenvalue weighted by molar-refractivity contribution is -0.274. The number of anilines is 1. The summed E-state index contributed by atoms with van der Waals surface area (Å²) in [6, 6.07) is 8.40. The van der Waals surface area contributed by atoms with E-state index < -0.39 is 18.1 Å². The van der Waals surface area contributed by atoms with Crippen molar-refractivity contribution in [3.63, 3.8) is 0 Å². The highest BCUT2D eigenvalue weighted by molar-refractivity contribution is 7.22. The van der Waals surface area contributed by atoms with Crippen molar-refractivity contribution in [2.45, 2.75) is 56.7 Å². The van der Waals surface area contributed by atoms with Crippen LogP contribution >= 0.6 is 11.3 Å². The van der Waals surface area contributed by atoms with Gasteiger partial charge in [0.25, 0.3) is 0 Å². The van der Waals surface area contributed by atoms with Gasteiger partial charge in [0, 0.05) is 35.5 Å². The van der Waals surface area contributed by atoms with Gasteiger partial charge in [-0.05, 0) is 49.9 Å². The minimum atomic E-state index is -4.85. The first-order valence-corrected chi connectivity index (χ1v) is 14.0. The Morgan fingerprint density at radius 3 is 2.71 bits per heavy atom. The lowest BCUT2D eigenvalue weighted by atomic mass is 10.0. The molecule has 13 heteroatoms. The quantitative estimate of drug-likeness (QED) is 0.226. The molecule has 3 fully saturated rings. The number of hydrogen-bond acceptors (Lipinski definition) is 8. The van der Waals surface area contributed by atoms with Crippen molar-refractivity contribution < 1.29 is 41.5 Å². The van der Waals surface area contributed by atoms with Gasteiger partial charge in [-0.1, -0.05) is 28.6 Å². The van der Waals surface area contributed by atoms with Gasteiger partial charge in [0.15, 0.2) is 10.9 Å². The Labute approximate surface area is 234 Å². The van der Waals surface area contributed by atoms with E-state index in [0.717, 1.165) is 25.3 Å². The fourth-order valence-electron chi connectivity index (χ4n) is 5.97. The van der Waals surface area contributed by atoms with Crippen LogP contribution in [0, 0.1) is 11.7 Å². The Morgan fingerprint density at radius 2 is 2.00 bits per heavy atom. The van der Waals surface area contributed by atoms with E-state index in [1.807, 2.05) is 0 Å². The zero-order valence-electron chi connectivity index (χ0n) is 21.4. The second kappa shape index (κ2) is 9.69. The summed E-state index contributed by atoms with van der Waals surface area (Å²) >= 11 is 1.27. The minimum absolute atomic E-state index is 0.0857. The van der Waals surface area contributed by atoms with E-state index >= 15 is 0 Å². The third kappa shape index (κ3) is 4.90. The van der Waals surface area contributed by atoms with Crippen molar-refractivity contribution in [2.24, 2.45) is 5.92 Å². The molecule has 0 unspecified atom stereocenters. The first kappa shape index (κ1) is 26.2. The van der Waals surface area contributed by atoms with Crippen LogP contribution in [0.5, 0.6) is 5.75 Å². The molecule has 0 radical (unpaired) electrons. The summed E-state index contributed by atoms with van der Waals surface area (Å²) in [4.78, 5) is 17.9. The molecule has 3 heterocycles. The van der Waals surface area contributed by atoms with Crippen LogP contribution in [0.15, 0.2) is 40.9 Å². The second-order valence-electron chi connectivity index (χ2n) is 10.7. The zero-order valence-corrected chi connectivity index (χ0v) is 22.2. The van der Waals surface area contributed by atoms with Crippen LogP contribution in [0.2, 0.25) is 0 Å². The Balaban J connectivity index is 1.09. The largest absolute Gasteiger partial charge is 0.573 e. The standard InChI is InChI=1S/C28H23F4N3O5S/c29-19-8-14(26(36)37)9-22-24(19)33-27(41-22)35-11-15-7-16(35)10-21(15)38-12-18-23(34-40-25(18)13-5-6-13)17-3-1-2-4-20(17)39-28(30,31)32/h1-4,8-9,13,15-16,21H,5-7,10-12H2,(H,36,37)/t15-,16-,21+/m0/s1. The van der Waals surface area contributed by atoms with E-state index in [-0.39, 0.29) is 58.7 Å². The number of carbonyl (C=O) groups is 1. The molecule has 1 saturated heterocycles. The summed E-state index contributed by atoms with van der Waals surface area (Å²) in [6.45, 7) is 0.792. The Bertz CT molecular complexity index is 1650. The van der Waals surface area contributed by atoms with E-state index in [9.17, 15) is 27.5 Å². The van der Waals surface area contributed by atoms with Gasteiger partial charge in [0.05, 0.1) is 23.0 Å². The molecule has 2 aromatic carbocycles. The van der Waals surface area contributed by atoms with Gasteiger partial charge < -0.3 is 24.0 Å². The van der Waals surface area contributed by atoms with Crippen molar-refractivity contribution in [2.75, 3.05) is 11.4 Å². The smallest absolute Gasteiger partial charge is 0.478 e. The molecular weight excluding hydrogens is 566 g/mol. The van der Waals surface area contributed by atoms with Crippen molar-refractivity contribution >= 4 is 32.7 Å². The number of fused-ring (bicyclic) bond motifs is 3. The number of benzene rings is 2. The number of thiazole rings is 1. The van der Waals surface area contributed by atoms with Gasteiger partial charge in [-0.2, -0.15) is 0 Å². The third-order valence-electron chi connectivity index (χ3n) is 7.98. The SMILES string of the molecule is O=C(O)c1cc(F)c2nc(N3C[C@@H]4C[C@H]3C[C@H]4OCc3c(-c4ccccc4OC(F)(F)F)noc3C3CC3)sc2c1. The maximum absolute atomic E-state index is 14.5. The molecule has 8 nitrogen and oxygen atoms in total. The average molecular weight is 590 g/mol. The molecule has 2 saturated carbocycles. The van der Waals surface area contributed by atoms with Crippen LogP contribution in [0.25, 0.3) is 21.5 Å². The maximum atomic E-state index is 14.5. The predicted octanol–water partition coefficient (Wildman–Crippen LogP) is 6.75. The van der Waals surface area contributed by atoms with Crippen LogP contribution < -0.4 is 9.64 Å². The highest BCUT2D eigenvalue weighted by Crippen LogP contribution is 2.48. The monoisotopic (exact) mass is 589 g/mol. The summed E-state index contributed by atoms with van der Waals surface area (Å²) in [5.74, 6) is -1.22. The Morgan fingerprint density at radius 1 is 1.20 bits per heavy atom. The highest BCUT2D eigenvalue weighted by atomic mass is 32.1. The van der Waals surface area contributed by atoms with Crippen LogP contribution in [-0.2, 0) is 11.3 Å². The molecule has 0 amide bonds. The number of hydrogen-bond donors (Lipinski definition) is 1. The zero-order chi connectivity index (χ0) is 28.5. The predicted molar refractivity (Wildman–Crippen MR) is 140 cm³/mol. The summed E-state index contributed by atoms with van der Waals surface area (Å²) in [7, 11) is 0. The van der Waals surface area contributed by atoms with E-state index in [0.29, 0.717) is 34.1 Å². The second-order valence-corrected chi connectivity index (χ2v) is 11.7. The molecule has 3 aliphatic rings. The summed E-state index contributed by atoms with van der Waals surface area (Å²) in [6.07, 6.45) is -1.53. The Kier molecular flexibility index (Phi) is 6.19. The maximum Gasteiger partial charge on any atom is 0.573 e. The van der Waals surface area contributed by atoms with E-state index in [4.69, 9.17) is 9.26 Å². The van der Waals surface area contributed by atoms with Gasteiger partial charge in [0.2, 0.25) is 0 Å². The van der Waals surface area contributed by atoms with Crippen molar-refractivity contribution in [1.82, 2.24) is 10.1 Å². The number of aromatic carboxylic acids is 1. The lowest BCUT2D eigenvalue weighted by Crippen LogP contribution is -2.38. The minimum Gasteiger partial charge on any atom is -0.478 e. The van der Waals surface area contributed by atoms with E-state index in [1.165, 1.54) is 35.6 Å². The van der Waals surface area contributed by atoms with Crippen LogP contribution in [-0.4, -0.2) is 46.3 Å². The third-order valence-corrected chi connectivity index (χ3v) is 9.02. The molecule has 1 aliphatic heterocycles. The van der Waals surface area contributed by atoms with Crippen LogP contribution in [0.1, 0.15) is 53.3 Å². The van der Waals surface area contributed by atoms with Gasteiger partial charge in [-0.25, -0.2) is 14.2 Å². The summed E-state index contributed by atoms with van der Waals surface area (Å²) in [5, 5.41) is 14.0. The first-order valence-electron chi connectivity index (χ1n) is 13.2. The first-order chi connectivity index (χ1) is 19.6. The Hall–Kier alpha value is -3.71. The molecular formula is C28H23F4N3O5S. The number of nitrogens with zero attached hydrogens (tertiary/aromatic N) is 3. The van der Waals surface area contributed by atoms with Crippen LogP contribution in [0.4, 0.5) is 22.7 Å². The number of carboxylic acids is 1. The number of aromatic nitrogens is 2. The molecule has 214 valence electrons. The topological polar surface area (TPSA) is 97.9 Å². The number of para-hydroxylation sites is 1. The molecule has 2 bridgehead atoms. The molecule has 3 atom stereocenters. The number of alkyl halides is 3. The van der Waals surface area contributed by atoms with E-state index in [2.05, 4.69) is 19.8 Å². The highest BCUT2D eigenvalue weighted by Gasteiger charge is 2.47. The van der Waals surface area contributed by atoms with Gasteiger partial charge >= 0.3 is 12.3 Å². The van der Waals surface area contributed by atoms with Crippen molar-refractivity contribution in [3.8, 4) is 17.0 Å². The fraction of sp³-hybridized carbons (Fsp3) is 0.393. The van der Waals surface area contributed by atoms with Gasteiger partial charge in [-0.15, -0.1) is 13.2 Å². The normalized spacial score (nSPS) is 22.1. The number of rotatable bonds is 8. The fourth-order valence-corrected chi connectivity index (χ4v) is 7.07. The van der Waals surface area contributed by atoms with E-state index in [1.54, 1.807) is 6.07 Å². The number of ether oxygens (including phenoxy) is 2. The van der Waals surface area contributed by atoms with Crippen molar-refractivity contribution in [3.05, 3.63) is 59.1 Å². The van der Waals surface area contributed by atoms with Gasteiger partial charge in [0.1, 0.15) is 22.7 Å². The van der Waals surface area contributed by atoms with Crippen molar-refractivity contribution in [1.29, 1.82) is 0 Å². The molecule has 0 spiro atoms. The number of carboxylic acid groups (broad SMARTS) is 1. The van der Waals surface area contributed by atoms with Crippen LogP contribution in [0.3, 0.4) is 0 Å². The molecule has 2 aromatic heterocycles. The molecule has 41 heavy (non-hydrogen) atoms. The number of piperidine rings is 1. The molecule has 4 aromatic rings. The van der Waals surface area contributed by atoms with Gasteiger partial charge in [-0.3, -0.25) is 0 Å². The number of halogens is 4. The lowest BCUT2D eigenvalue weighted by Gasteiger charge is -2.31. The molecule has 1 N–H and O–H groups in total. The molecule has 2 aliphatic carbocycles. The molecule has 7 rings (SSSR count). The summed E-state index contributed by atoms with van der Waals surface area (Å²) in [5.41, 5.74) is 1.16.